The van der Waals surface area contributed by atoms with E-state index in [1.54, 1.807) is 0 Å². The van der Waals surface area contributed by atoms with Crippen molar-refractivity contribution in [2.75, 3.05) is 0 Å². The molecule has 20 heavy (non-hydrogen) atoms. The molecule has 0 saturated carbocycles. The van der Waals surface area contributed by atoms with E-state index in [0.29, 0.717) is 0 Å². The molecular formula is C16H20N4. The van der Waals surface area contributed by atoms with Gasteiger partial charge in [0.15, 0.2) is 0 Å². The van der Waals surface area contributed by atoms with Crippen molar-refractivity contribution in [2.24, 2.45) is 7.05 Å². The Hall–Kier alpha value is -2.07. The number of rotatable bonds is 5. The number of nitrogens with zero attached hydrogens (tertiary/aromatic N) is 2. The molecule has 3 aromatic rings. The molecule has 0 aliphatic heterocycles. The first-order valence-corrected chi connectivity index (χ1v) is 7.05. The van der Waals surface area contributed by atoms with E-state index >= 15 is 0 Å². The molecule has 2 aromatic heterocycles. The fraction of sp³-hybridized carbons (Fsp3) is 0.312. The Morgan fingerprint density at radius 1 is 1.20 bits per heavy atom. The molecule has 2 N–H and O–H groups in total. The lowest BCUT2D eigenvalue weighted by atomic mass is 10.1. The van der Waals surface area contributed by atoms with E-state index in [4.69, 9.17) is 0 Å². The van der Waals surface area contributed by atoms with Gasteiger partial charge in [-0.3, -0.25) is 4.68 Å². The number of para-hydroxylation sites is 1. The first-order chi connectivity index (χ1) is 9.78. The second-order valence-corrected chi connectivity index (χ2v) is 5.09. The summed E-state index contributed by atoms with van der Waals surface area (Å²) >= 11 is 0. The van der Waals surface area contributed by atoms with Crippen LogP contribution in [0.25, 0.3) is 10.9 Å². The standard InChI is InChI=1S/C16H20N4/c1-3-15-13(11-20(2)19-15)9-17-8-12-10-18-16-7-5-4-6-14(12)16/h4-7,10-11,17-18H,3,8-9H2,1-2H3. The van der Waals surface area contributed by atoms with Crippen molar-refractivity contribution in [3.8, 4) is 0 Å². The number of fused-ring (bicyclic) bond motifs is 1. The van der Waals surface area contributed by atoms with Crippen LogP contribution in [0, 0.1) is 0 Å². The predicted octanol–water partition coefficient (Wildman–Crippen LogP) is 2.75. The zero-order valence-corrected chi connectivity index (χ0v) is 12.0. The SMILES string of the molecule is CCc1nn(C)cc1CNCc1c[nH]c2ccccc12. The minimum Gasteiger partial charge on any atom is -0.361 e. The molecular weight excluding hydrogens is 248 g/mol. The highest BCUT2D eigenvalue weighted by atomic mass is 15.3. The summed E-state index contributed by atoms with van der Waals surface area (Å²) < 4.78 is 1.89. The molecule has 1 aromatic carbocycles. The summed E-state index contributed by atoms with van der Waals surface area (Å²) in [7, 11) is 1.97. The summed E-state index contributed by atoms with van der Waals surface area (Å²) in [6, 6.07) is 8.40. The van der Waals surface area contributed by atoms with E-state index < -0.39 is 0 Å². The Morgan fingerprint density at radius 2 is 2.00 bits per heavy atom. The lowest BCUT2D eigenvalue weighted by Crippen LogP contribution is -2.13. The summed E-state index contributed by atoms with van der Waals surface area (Å²) in [5, 5.41) is 9.27. The van der Waals surface area contributed by atoms with Crippen LogP contribution in [0.5, 0.6) is 0 Å². The first kappa shape index (κ1) is 12.9. The molecule has 0 aliphatic carbocycles. The Morgan fingerprint density at radius 3 is 2.85 bits per heavy atom. The molecule has 0 saturated heterocycles. The first-order valence-electron chi connectivity index (χ1n) is 7.05. The molecule has 104 valence electrons. The van der Waals surface area contributed by atoms with Gasteiger partial charge in [-0.1, -0.05) is 25.1 Å². The van der Waals surface area contributed by atoms with Crippen LogP contribution in [0.2, 0.25) is 0 Å². The molecule has 2 heterocycles. The number of hydrogen-bond donors (Lipinski definition) is 2. The normalized spacial score (nSPS) is 11.3. The average Bonchev–Trinajstić information content (AvgIpc) is 3.03. The fourth-order valence-electron chi connectivity index (χ4n) is 2.64. The van der Waals surface area contributed by atoms with Crippen molar-refractivity contribution in [1.82, 2.24) is 20.1 Å². The van der Waals surface area contributed by atoms with Crippen LogP contribution in [0.15, 0.2) is 36.7 Å². The highest BCUT2D eigenvalue weighted by molar-refractivity contribution is 5.82. The Labute approximate surface area is 118 Å². The van der Waals surface area contributed by atoms with Crippen molar-refractivity contribution < 1.29 is 0 Å². The molecule has 0 spiro atoms. The van der Waals surface area contributed by atoms with Gasteiger partial charge >= 0.3 is 0 Å². The quantitative estimate of drug-likeness (QED) is 0.747. The number of hydrogen-bond acceptors (Lipinski definition) is 2. The number of H-pyrrole nitrogens is 1. The molecule has 0 unspecified atom stereocenters. The van der Waals surface area contributed by atoms with Crippen molar-refractivity contribution in [3.05, 3.63) is 53.5 Å². The molecule has 0 amide bonds. The van der Waals surface area contributed by atoms with Crippen LogP contribution in [-0.4, -0.2) is 14.8 Å². The maximum atomic E-state index is 4.47. The smallest absolute Gasteiger partial charge is 0.0666 e. The van der Waals surface area contributed by atoms with E-state index in [9.17, 15) is 0 Å². The van der Waals surface area contributed by atoms with Gasteiger partial charge in [0.2, 0.25) is 0 Å². The van der Waals surface area contributed by atoms with Crippen molar-refractivity contribution in [2.45, 2.75) is 26.4 Å². The molecule has 0 bridgehead atoms. The van der Waals surface area contributed by atoms with E-state index in [1.165, 1.54) is 27.7 Å². The van der Waals surface area contributed by atoms with Gasteiger partial charge in [0.1, 0.15) is 0 Å². The summed E-state index contributed by atoms with van der Waals surface area (Å²) in [5.74, 6) is 0. The third-order valence-electron chi connectivity index (χ3n) is 3.63. The van der Waals surface area contributed by atoms with Crippen molar-refractivity contribution in [1.29, 1.82) is 0 Å². The largest absolute Gasteiger partial charge is 0.361 e. The molecule has 4 heteroatoms. The second kappa shape index (κ2) is 5.51. The molecule has 0 atom stereocenters. The molecule has 0 aliphatic rings. The number of benzene rings is 1. The Bertz CT molecular complexity index is 708. The third kappa shape index (κ3) is 2.47. The summed E-state index contributed by atoms with van der Waals surface area (Å²) in [6.45, 7) is 3.87. The van der Waals surface area contributed by atoms with Gasteiger partial charge in [0, 0.05) is 49.0 Å². The van der Waals surface area contributed by atoms with Gasteiger partial charge in [-0.05, 0) is 18.1 Å². The number of aromatic nitrogens is 3. The number of aryl methyl sites for hydroxylation is 2. The fourth-order valence-corrected chi connectivity index (χ4v) is 2.64. The summed E-state index contributed by atoms with van der Waals surface area (Å²) in [5.41, 5.74) is 4.97. The van der Waals surface area contributed by atoms with Crippen LogP contribution in [0.4, 0.5) is 0 Å². The van der Waals surface area contributed by atoms with Crippen LogP contribution >= 0.6 is 0 Å². The van der Waals surface area contributed by atoms with Crippen molar-refractivity contribution >= 4 is 10.9 Å². The van der Waals surface area contributed by atoms with Crippen molar-refractivity contribution in [3.63, 3.8) is 0 Å². The minimum absolute atomic E-state index is 0.858. The Balaban J connectivity index is 1.68. The lowest BCUT2D eigenvalue weighted by Gasteiger charge is -2.03. The van der Waals surface area contributed by atoms with E-state index in [2.05, 4.69) is 59.0 Å². The molecule has 0 fully saturated rings. The zero-order chi connectivity index (χ0) is 13.9. The lowest BCUT2D eigenvalue weighted by molar-refractivity contribution is 0.691. The molecule has 3 rings (SSSR count). The van der Waals surface area contributed by atoms with Gasteiger partial charge in [-0.25, -0.2) is 0 Å². The van der Waals surface area contributed by atoms with Crippen LogP contribution < -0.4 is 5.32 Å². The number of nitrogens with one attached hydrogen (secondary N) is 2. The van der Waals surface area contributed by atoms with Crippen LogP contribution in [-0.2, 0) is 26.6 Å². The maximum absolute atomic E-state index is 4.47. The maximum Gasteiger partial charge on any atom is 0.0666 e. The third-order valence-corrected chi connectivity index (χ3v) is 3.63. The highest BCUT2D eigenvalue weighted by Crippen LogP contribution is 2.17. The zero-order valence-electron chi connectivity index (χ0n) is 12.0. The second-order valence-electron chi connectivity index (χ2n) is 5.09. The van der Waals surface area contributed by atoms with E-state index in [0.717, 1.165) is 19.5 Å². The van der Waals surface area contributed by atoms with Gasteiger partial charge < -0.3 is 10.3 Å². The Kier molecular flexibility index (Phi) is 3.56. The average molecular weight is 268 g/mol. The molecule has 0 radical (unpaired) electrons. The van der Waals surface area contributed by atoms with Gasteiger partial charge in [-0.2, -0.15) is 5.10 Å². The van der Waals surface area contributed by atoms with E-state index in [1.807, 2.05) is 11.7 Å². The highest BCUT2D eigenvalue weighted by Gasteiger charge is 2.06. The van der Waals surface area contributed by atoms with Gasteiger partial charge in [0.25, 0.3) is 0 Å². The predicted molar refractivity (Wildman–Crippen MR) is 81.4 cm³/mol. The van der Waals surface area contributed by atoms with Crippen LogP contribution in [0.3, 0.4) is 0 Å². The summed E-state index contributed by atoms with van der Waals surface area (Å²) in [4.78, 5) is 3.31. The molecule has 4 nitrogen and oxygen atoms in total. The monoisotopic (exact) mass is 268 g/mol. The minimum atomic E-state index is 0.858. The van der Waals surface area contributed by atoms with Crippen LogP contribution in [0.1, 0.15) is 23.7 Å². The summed E-state index contributed by atoms with van der Waals surface area (Å²) in [6.07, 6.45) is 5.16. The number of aromatic amines is 1. The topological polar surface area (TPSA) is 45.6 Å². The van der Waals surface area contributed by atoms with Gasteiger partial charge in [0.05, 0.1) is 5.69 Å². The van der Waals surface area contributed by atoms with E-state index in [-0.39, 0.29) is 0 Å². The van der Waals surface area contributed by atoms with Gasteiger partial charge in [-0.15, -0.1) is 0 Å².